The van der Waals surface area contributed by atoms with Crippen LogP contribution in [0.2, 0.25) is 0 Å². The number of esters is 1. The van der Waals surface area contributed by atoms with Crippen molar-refractivity contribution in [3.8, 4) is 0 Å². The molecule has 1 aliphatic rings. The number of hydrogen-bond acceptors (Lipinski definition) is 5. The Labute approximate surface area is 118 Å². The predicted octanol–water partition coefficient (Wildman–Crippen LogP) is 2.69. The Kier molecular flexibility index (Phi) is 4.95. The van der Waals surface area contributed by atoms with Gasteiger partial charge in [-0.05, 0) is 20.3 Å². The number of aryl methyl sites for hydroxylation is 1. The second-order valence-corrected chi connectivity index (χ2v) is 4.82. The van der Waals surface area contributed by atoms with Crippen LogP contribution in [-0.4, -0.2) is 31.6 Å². The molecule has 0 aromatic carbocycles. The number of ketones is 1. The number of hydrogen-bond donors (Lipinski definition) is 0. The number of fused-ring (bicyclic) bond motifs is 1. The molecule has 0 saturated carbocycles. The molecule has 20 heavy (non-hydrogen) atoms. The van der Waals surface area contributed by atoms with Gasteiger partial charge in [-0.3, -0.25) is 4.79 Å². The predicted molar refractivity (Wildman–Crippen MR) is 72.1 cm³/mol. The van der Waals surface area contributed by atoms with Gasteiger partial charge in [-0.15, -0.1) is 0 Å². The fourth-order valence-electron chi connectivity index (χ4n) is 2.38. The number of furan rings is 1. The largest absolute Gasteiger partial charge is 0.460 e. The Hall–Kier alpha value is -1.62. The van der Waals surface area contributed by atoms with Gasteiger partial charge in [0.25, 0.3) is 0 Å². The molecule has 0 unspecified atom stereocenters. The molecular weight excluding hydrogens is 260 g/mol. The molecule has 0 bridgehead atoms. The zero-order valence-corrected chi connectivity index (χ0v) is 12.0. The smallest absolute Gasteiger partial charge is 0.374 e. The normalized spacial score (nSPS) is 14.2. The Morgan fingerprint density at radius 2 is 2.10 bits per heavy atom. The molecule has 1 aromatic rings. The van der Waals surface area contributed by atoms with Gasteiger partial charge in [0.1, 0.15) is 5.76 Å². The lowest BCUT2D eigenvalue weighted by Gasteiger charge is -2.07. The molecule has 110 valence electrons. The summed E-state index contributed by atoms with van der Waals surface area (Å²) in [5.41, 5.74) is 1.19. The molecule has 1 heterocycles. The van der Waals surface area contributed by atoms with E-state index >= 15 is 0 Å². The van der Waals surface area contributed by atoms with Crippen molar-refractivity contribution >= 4 is 11.8 Å². The van der Waals surface area contributed by atoms with Crippen molar-refractivity contribution in [2.24, 2.45) is 0 Å². The monoisotopic (exact) mass is 280 g/mol. The highest BCUT2D eigenvalue weighted by molar-refractivity contribution is 6.02. The summed E-state index contributed by atoms with van der Waals surface area (Å²) >= 11 is 0. The minimum absolute atomic E-state index is 0.0582. The van der Waals surface area contributed by atoms with Crippen molar-refractivity contribution in [3.05, 3.63) is 22.6 Å². The van der Waals surface area contributed by atoms with Crippen LogP contribution in [0.5, 0.6) is 0 Å². The Morgan fingerprint density at radius 1 is 1.30 bits per heavy atom. The number of ether oxygens (including phenoxy) is 2. The van der Waals surface area contributed by atoms with E-state index in [1.54, 1.807) is 6.92 Å². The molecule has 2 rings (SSSR count). The van der Waals surface area contributed by atoms with E-state index in [-0.39, 0.29) is 18.2 Å². The lowest BCUT2D eigenvalue weighted by Crippen LogP contribution is -2.10. The molecule has 0 saturated heterocycles. The molecule has 0 radical (unpaired) electrons. The first-order chi connectivity index (χ1) is 9.65. The van der Waals surface area contributed by atoms with E-state index < -0.39 is 5.97 Å². The number of Topliss-reactive ketones (excluding diaryl/α,β-unsaturated/α-hetero) is 1. The van der Waals surface area contributed by atoms with Crippen molar-refractivity contribution in [1.29, 1.82) is 0 Å². The van der Waals surface area contributed by atoms with Crippen molar-refractivity contribution in [1.82, 2.24) is 0 Å². The molecule has 0 spiro atoms. The molecule has 0 N–H and O–H groups in total. The van der Waals surface area contributed by atoms with Gasteiger partial charge < -0.3 is 13.9 Å². The number of carbonyl (C=O) groups is 2. The van der Waals surface area contributed by atoms with Crippen LogP contribution in [0, 0.1) is 6.92 Å². The standard InChI is InChI=1S/C15H20O5/c1-3-18-8-5-9-19-15(17)14-10(2)13-11(16)6-4-7-12(13)20-14/h3-9H2,1-2H3. The Morgan fingerprint density at radius 3 is 2.80 bits per heavy atom. The van der Waals surface area contributed by atoms with Crippen LogP contribution < -0.4 is 0 Å². The lowest BCUT2D eigenvalue weighted by molar-refractivity contribution is 0.0414. The third kappa shape index (κ3) is 3.10. The first kappa shape index (κ1) is 14.8. The second kappa shape index (κ2) is 6.70. The minimum atomic E-state index is -0.499. The molecule has 0 atom stereocenters. The maximum Gasteiger partial charge on any atom is 0.374 e. The van der Waals surface area contributed by atoms with Gasteiger partial charge in [-0.2, -0.15) is 0 Å². The van der Waals surface area contributed by atoms with E-state index in [4.69, 9.17) is 13.9 Å². The van der Waals surface area contributed by atoms with Crippen LogP contribution in [0.15, 0.2) is 4.42 Å². The summed E-state index contributed by atoms with van der Waals surface area (Å²) < 4.78 is 15.8. The highest BCUT2D eigenvalue weighted by Gasteiger charge is 2.29. The number of carbonyl (C=O) groups excluding carboxylic acids is 2. The summed E-state index contributed by atoms with van der Waals surface area (Å²) in [6.07, 6.45) is 2.66. The topological polar surface area (TPSA) is 65.7 Å². The quantitative estimate of drug-likeness (QED) is 0.592. The zero-order chi connectivity index (χ0) is 14.5. The maximum atomic E-state index is 12.0. The van der Waals surface area contributed by atoms with E-state index in [9.17, 15) is 9.59 Å². The molecule has 0 aliphatic heterocycles. The highest BCUT2D eigenvalue weighted by atomic mass is 16.5. The average Bonchev–Trinajstić information content (AvgIpc) is 2.77. The third-order valence-electron chi connectivity index (χ3n) is 3.36. The third-order valence-corrected chi connectivity index (χ3v) is 3.36. The summed E-state index contributed by atoms with van der Waals surface area (Å²) in [4.78, 5) is 23.8. The van der Waals surface area contributed by atoms with Crippen LogP contribution in [0.25, 0.3) is 0 Å². The van der Waals surface area contributed by atoms with Gasteiger partial charge >= 0.3 is 5.97 Å². The van der Waals surface area contributed by atoms with E-state index in [0.29, 0.717) is 49.4 Å². The lowest BCUT2D eigenvalue weighted by atomic mass is 9.94. The molecule has 0 amide bonds. The molecule has 1 aromatic heterocycles. The average molecular weight is 280 g/mol. The van der Waals surface area contributed by atoms with Gasteiger partial charge in [0.15, 0.2) is 5.78 Å². The fraction of sp³-hybridized carbons (Fsp3) is 0.600. The Balaban J connectivity index is 1.99. The van der Waals surface area contributed by atoms with Crippen molar-refractivity contribution in [2.45, 2.75) is 39.5 Å². The van der Waals surface area contributed by atoms with Gasteiger partial charge in [0.05, 0.1) is 12.2 Å². The Bertz CT molecular complexity index is 501. The van der Waals surface area contributed by atoms with E-state index in [1.807, 2.05) is 6.92 Å². The zero-order valence-electron chi connectivity index (χ0n) is 12.0. The van der Waals surface area contributed by atoms with Crippen LogP contribution in [0.4, 0.5) is 0 Å². The van der Waals surface area contributed by atoms with Gasteiger partial charge in [-0.25, -0.2) is 4.79 Å². The van der Waals surface area contributed by atoms with Crippen LogP contribution in [-0.2, 0) is 15.9 Å². The van der Waals surface area contributed by atoms with Gasteiger partial charge in [0, 0.05) is 38.0 Å². The van der Waals surface area contributed by atoms with Gasteiger partial charge in [0.2, 0.25) is 5.76 Å². The summed E-state index contributed by atoms with van der Waals surface area (Å²) in [6, 6.07) is 0. The fourth-order valence-corrected chi connectivity index (χ4v) is 2.38. The van der Waals surface area contributed by atoms with Crippen molar-refractivity contribution < 1.29 is 23.5 Å². The van der Waals surface area contributed by atoms with E-state index in [0.717, 1.165) is 6.42 Å². The highest BCUT2D eigenvalue weighted by Crippen LogP contribution is 2.29. The van der Waals surface area contributed by atoms with Crippen molar-refractivity contribution in [2.75, 3.05) is 19.8 Å². The first-order valence-electron chi connectivity index (χ1n) is 7.05. The van der Waals surface area contributed by atoms with Crippen LogP contribution in [0.3, 0.4) is 0 Å². The molecule has 0 fully saturated rings. The molecular formula is C15H20O5. The molecule has 1 aliphatic carbocycles. The van der Waals surface area contributed by atoms with Crippen LogP contribution >= 0.6 is 0 Å². The maximum absolute atomic E-state index is 12.0. The van der Waals surface area contributed by atoms with Gasteiger partial charge in [-0.1, -0.05) is 0 Å². The number of rotatable bonds is 6. The molecule has 5 heteroatoms. The van der Waals surface area contributed by atoms with E-state index in [1.165, 1.54) is 0 Å². The first-order valence-corrected chi connectivity index (χ1v) is 7.05. The summed E-state index contributed by atoms with van der Waals surface area (Å²) in [5.74, 6) is 0.353. The second-order valence-electron chi connectivity index (χ2n) is 4.82. The van der Waals surface area contributed by atoms with Crippen molar-refractivity contribution in [3.63, 3.8) is 0 Å². The SMILES string of the molecule is CCOCCCOC(=O)c1oc2c(c1C)C(=O)CCC2. The minimum Gasteiger partial charge on any atom is -0.460 e. The summed E-state index contributed by atoms with van der Waals surface area (Å²) in [7, 11) is 0. The molecule has 5 nitrogen and oxygen atoms in total. The van der Waals surface area contributed by atoms with Crippen LogP contribution in [0.1, 0.15) is 58.4 Å². The summed E-state index contributed by atoms with van der Waals surface area (Å²) in [5, 5.41) is 0. The summed E-state index contributed by atoms with van der Waals surface area (Å²) in [6.45, 7) is 5.16. The van der Waals surface area contributed by atoms with E-state index in [2.05, 4.69) is 0 Å².